The molecule has 0 bridgehead atoms. The number of methoxy groups -OCH3 is 1. The molecule has 0 N–H and O–H groups in total. The quantitative estimate of drug-likeness (QED) is 0.608. The first kappa shape index (κ1) is 13.5. The van der Waals surface area contributed by atoms with Crippen molar-refractivity contribution in [2.24, 2.45) is 0 Å². The first-order chi connectivity index (χ1) is 8.06. The third kappa shape index (κ3) is 4.44. The molecule has 0 atom stereocenters. The maximum atomic E-state index is 10.7. The molecule has 0 aliphatic carbocycles. The summed E-state index contributed by atoms with van der Waals surface area (Å²) in [7, 11) is -0.274. The van der Waals surface area contributed by atoms with Crippen LogP contribution in [0.5, 0.6) is 0 Å². The molecule has 0 unspecified atom stereocenters. The summed E-state index contributed by atoms with van der Waals surface area (Å²) in [6.07, 6.45) is 1.24. The predicted octanol–water partition coefficient (Wildman–Crippen LogP) is 2.48. The van der Waals surface area contributed by atoms with Crippen LogP contribution in [0.4, 0.5) is 4.79 Å². The fourth-order valence-corrected chi connectivity index (χ4v) is 3.41. The van der Waals surface area contributed by atoms with E-state index in [-0.39, 0.29) is 6.61 Å². The lowest BCUT2D eigenvalue weighted by Gasteiger charge is -2.18. The molecule has 0 spiro atoms. The summed E-state index contributed by atoms with van der Waals surface area (Å²) in [5.74, 6) is 0. The average Bonchev–Trinajstić information content (AvgIpc) is 2.35. The predicted molar refractivity (Wildman–Crippen MR) is 71.1 cm³/mol. The zero-order valence-corrected chi connectivity index (χ0v) is 11.5. The molecule has 1 rings (SSSR count). The van der Waals surface area contributed by atoms with E-state index in [0.717, 1.165) is 0 Å². The van der Waals surface area contributed by atoms with E-state index >= 15 is 0 Å². The Bertz CT molecular complexity index is 385. The van der Waals surface area contributed by atoms with Gasteiger partial charge in [-0.25, -0.2) is 4.79 Å². The Hall–Kier alpha value is -1.55. The van der Waals surface area contributed by atoms with Crippen LogP contribution in [0.3, 0.4) is 0 Å². The summed E-state index contributed by atoms with van der Waals surface area (Å²) < 4.78 is 9.18. The minimum atomic E-state index is -1.57. The molecule has 3 nitrogen and oxygen atoms in total. The van der Waals surface area contributed by atoms with Crippen LogP contribution in [-0.4, -0.2) is 27.9 Å². The second-order valence-electron chi connectivity index (χ2n) is 4.26. The molecule has 0 saturated heterocycles. The number of benzene rings is 1. The Morgan fingerprint density at radius 2 is 1.94 bits per heavy atom. The molecule has 0 aliphatic heterocycles. The summed E-state index contributed by atoms with van der Waals surface area (Å²) in [4.78, 5) is 10.7. The van der Waals surface area contributed by atoms with E-state index in [1.807, 2.05) is 24.3 Å². The van der Waals surface area contributed by atoms with Gasteiger partial charge >= 0.3 is 6.16 Å². The molecule has 0 aliphatic rings. The highest BCUT2D eigenvalue weighted by molar-refractivity contribution is 6.93. The maximum absolute atomic E-state index is 10.7. The Morgan fingerprint density at radius 3 is 2.53 bits per heavy atom. The number of carbonyl (C=O) groups is 1. The van der Waals surface area contributed by atoms with Gasteiger partial charge in [0.15, 0.2) is 0 Å². The van der Waals surface area contributed by atoms with Crippen molar-refractivity contribution in [2.45, 2.75) is 13.1 Å². The van der Waals surface area contributed by atoms with Gasteiger partial charge in [-0.2, -0.15) is 0 Å². The van der Waals surface area contributed by atoms with E-state index in [1.54, 1.807) is 0 Å². The molecular formula is C13H18O3Si. The van der Waals surface area contributed by atoms with Crippen LogP contribution in [0.2, 0.25) is 13.1 Å². The maximum Gasteiger partial charge on any atom is 0.508 e. The second kappa shape index (κ2) is 6.25. The number of carbonyl (C=O) groups excluding carboxylic acids is 1. The highest BCUT2D eigenvalue weighted by atomic mass is 28.3. The van der Waals surface area contributed by atoms with E-state index in [9.17, 15) is 4.79 Å². The van der Waals surface area contributed by atoms with Crippen molar-refractivity contribution in [2.75, 3.05) is 13.7 Å². The van der Waals surface area contributed by atoms with E-state index < -0.39 is 14.2 Å². The van der Waals surface area contributed by atoms with Gasteiger partial charge in [-0.05, 0) is 0 Å². The van der Waals surface area contributed by atoms with Gasteiger partial charge in [0.05, 0.1) is 7.11 Å². The second-order valence-corrected chi connectivity index (χ2v) is 8.61. The van der Waals surface area contributed by atoms with Gasteiger partial charge in [-0.1, -0.05) is 60.4 Å². The van der Waals surface area contributed by atoms with Gasteiger partial charge < -0.3 is 9.47 Å². The van der Waals surface area contributed by atoms with Gasteiger partial charge in [-0.15, -0.1) is 0 Å². The van der Waals surface area contributed by atoms with Crippen molar-refractivity contribution in [3.8, 4) is 0 Å². The fourth-order valence-electron chi connectivity index (χ4n) is 1.48. The molecule has 92 valence electrons. The molecule has 0 radical (unpaired) electrons. The third-order valence-electron chi connectivity index (χ3n) is 2.52. The van der Waals surface area contributed by atoms with Crippen LogP contribution < -0.4 is 5.19 Å². The lowest BCUT2D eigenvalue weighted by molar-refractivity contribution is 0.0818. The fraction of sp³-hybridized carbons (Fsp3) is 0.308. The van der Waals surface area contributed by atoms with Gasteiger partial charge in [0, 0.05) is 0 Å². The molecule has 0 aromatic heterocycles. The van der Waals surface area contributed by atoms with Crippen LogP contribution in [0.15, 0.2) is 42.1 Å². The number of rotatable bonds is 4. The molecule has 4 heteroatoms. The van der Waals surface area contributed by atoms with E-state index in [0.29, 0.717) is 0 Å². The van der Waals surface area contributed by atoms with Crippen molar-refractivity contribution in [3.05, 3.63) is 42.1 Å². The molecule has 1 aromatic rings. The number of hydrogen-bond donors (Lipinski definition) is 0. The molecule has 0 saturated carbocycles. The smallest absolute Gasteiger partial charge is 0.438 e. The highest BCUT2D eigenvalue weighted by Gasteiger charge is 2.18. The first-order valence-corrected chi connectivity index (χ1v) is 8.58. The van der Waals surface area contributed by atoms with Crippen molar-refractivity contribution >= 4 is 19.4 Å². The molecule has 0 fully saturated rings. The van der Waals surface area contributed by atoms with E-state index in [1.165, 1.54) is 12.3 Å². The monoisotopic (exact) mass is 250 g/mol. The normalized spacial score (nSPS) is 11.5. The minimum absolute atomic E-state index is 0.260. The highest BCUT2D eigenvalue weighted by Crippen LogP contribution is 2.04. The number of hydrogen-bond acceptors (Lipinski definition) is 3. The van der Waals surface area contributed by atoms with E-state index in [4.69, 9.17) is 4.74 Å². The first-order valence-electron chi connectivity index (χ1n) is 5.50. The van der Waals surface area contributed by atoms with Crippen molar-refractivity contribution in [3.63, 3.8) is 0 Å². The van der Waals surface area contributed by atoms with Crippen LogP contribution >= 0.6 is 0 Å². The largest absolute Gasteiger partial charge is 0.508 e. The standard InChI is InChI=1S/C13H18O3Si/c1-15-13(14)16-10-7-11-17(2,3)12-8-5-4-6-9-12/h4-9,11H,10H2,1-3H3/b11-7+. The molecule has 17 heavy (non-hydrogen) atoms. The number of ether oxygens (including phenoxy) is 2. The SMILES string of the molecule is COC(=O)OC/C=C/[Si](C)(C)c1ccccc1. The molecular weight excluding hydrogens is 232 g/mol. The van der Waals surface area contributed by atoms with Crippen LogP contribution in [0, 0.1) is 0 Å². The Morgan fingerprint density at radius 1 is 1.29 bits per heavy atom. The topological polar surface area (TPSA) is 35.5 Å². The summed E-state index contributed by atoms with van der Waals surface area (Å²) in [6, 6.07) is 10.4. The van der Waals surface area contributed by atoms with Gasteiger partial charge in [0.25, 0.3) is 0 Å². The van der Waals surface area contributed by atoms with Gasteiger partial charge in [0.1, 0.15) is 14.7 Å². The summed E-state index contributed by atoms with van der Waals surface area (Å²) in [5.41, 5.74) is 2.16. The minimum Gasteiger partial charge on any atom is -0.438 e. The summed E-state index contributed by atoms with van der Waals surface area (Å²) >= 11 is 0. The Labute approximate surface area is 103 Å². The molecule has 0 heterocycles. The van der Waals surface area contributed by atoms with Crippen molar-refractivity contribution in [1.29, 1.82) is 0 Å². The van der Waals surface area contributed by atoms with E-state index in [2.05, 4.69) is 35.7 Å². The summed E-state index contributed by atoms with van der Waals surface area (Å²) in [5, 5.41) is 1.36. The lowest BCUT2D eigenvalue weighted by atomic mass is 10.4. The Kier molecular flexibility index (Phi) is 4.97. The zero-order valence-electron chi connectivity index (χ0n) is 10.5. The average molecular weight is 250 g/mol. The van der Waals surface area contributed by atoms with Crippen molar-refractivity contribution < 1.29 is 14.3 Å². The van der Waals surface area contributed by atoms with Crippen LogP contribution in [0.1, 0.15) is 0 Å². The summed E-state index contributed by atoms with van der Waals surface area (Å²) in [6.45, 7) is 4.75. The zero-order chi connectivity index (χ0) is 12.7. The van der Waals surface area contributed by atoms with Crippen LogP contribution in [-0.2, 0) is 9.47 Å². The van der Waals surface area contributed by atoms with Gasteiger partial charge in [-0.3, -0.25) is 0 Å². The lowest BCUT2D eigenvalue weighted by Crippen LogP contribution is -2.39. The molecule has 0 amide bonds. The van der Waals surface area contributed by atoms with Crippen molar-refractivity contribution in [1.82, 2.24) is 0 Å². The molecule has 1 aromatic carbocycles. The third-order valence-corrected chi connectivity index (χ3v) is 5.41. The van der Waals surface area contributed by atoms with Gasteiger partial charge in [0.2, 0.25) is 0 Å². The Balaban J connectivity index is 2.55. The van der Waals surface area contributed by atoms with Crippen LogP contribution in [0.25, 0.3) is 0 Å².